The number of nitrogens with one attached hydrogen (secondary N) is 1. The molecule has 0 aliphatic heterocycles. The van der Waals surface area contributed by atoms with Crippen LogP contribution in [0, 0.1) is 6.92 Å². The van der Waals surface area contributed by atoms with Crippen LogP contribution in [0.4, 0.5) is 0 Å². The van der Waals surface area contributed by atoms with Crippen molar-refractivity contribution in [3.63, 3.8) is 0 Å². The first-order valence-corrected chi connectivity index (χ1v) is 7.78. The van der Waals surface area contributed by atoms with Gasteiger partial charge in [-0.05, 0) is 32.4 Å². The second-order valence-electron chi connectivity index (χ2n) is 5.21. The van der Waals surface area contributed by atoms with Gasteiger partial charge in [-0.1, -0.05) is 20.8 Å². The molecule has 0 aromatic carbocycles. The quantitative estimate of drug-likeness (QED) is 0.850. The van der Waals surface area contributed by atoms with Crippen molar-refractivity contribution in [2.24, 2.45) is 0 Å². The highest BCUT2D eigenvalue weighted by atomic mass is 15.1. The van der Waals surface area contributed by atoms with E-state index < -0.39 is 0 Å². The zero-order valence-electron chi connectivity index (χ0n) is 13.4. The molecular formula is C16H25N5. The first kappa shape index (κ1) is 15.6. The topological polar surface area (TPSA) is 55.6 Å². The highest BCUT2D eigenvalue weighted by Gasteiger charge is 2.21. The summed E-state index contributed by atoms with van der Waals surface area (Å²) in [5, 5.41) is 12.1. The third kappa shape index (κ3) is 3.47. The van der Waals surface area contributed by atoms with Crippen molar-refractivity contribution in [2.45, 2.75) is 53.1 Å². The number of hydrogen-bond acceptors (Lipinski definition) is 4. The Morgan fingerprint density at radius 3 is 2.71 bits per heavy atom. The van der Waals surface area contributed by atoms with Crippen molar-refractivity contribution in [1.82, 2.24) is 25.1 Å². The zero-order chi connectivity index (χ0) is 15.2. The van der Waals surface area contributed by atoms with Gasteiger partial charge in [0.05, 0.1) is 17.4 Å². The van der Waals surface area contributed by atoms with Gasteiger partial charge in [0.1, 0.15) is 5.82 Å². The Balaban J connectivity index is 2.47. The number of rotatable bonds is 7. The van der Waals surface area contributed by atoms with Gasteiger partial charge in [0.15, 0.2) is 0 Å². The van der Waals surface area contributed by atoms with E-state index in [1.54, 1.807) is 0 Å². The lowest BCUT2D eigenvalue weighted by Gasteiger charge is -2.21. The fourth-order valence-electron chi connectivity index (χ4n) is 2.61. The summed E-state index contributed by atoms with van der Waals surface area (Å²) < 4.78 is 2.22. The molecule has 2 rings (SSSR count). The second-order valence-corrected chi connectivity index (χ2v) is 5.21. The van der Waals surface area contributed by atoms with Crippen molar-refractivity contribution in [3.05, 3.63) is 41.2 Å². The lowest BCUT2D eigenvalue weighted by atomic mass is 10.0. The third-order valence-corrected chi connectivity index (χ3v) is 3.55. The normalized spacial score (nSPS) is 12.6. The van der Waals surface area contributed by atoms with E-state index in [-0.39, 0.29) is 6.04 Å². The molecule has 0 saturated heterocycles. The van der Waals surface area contributed by atoms with E-state index in [2.05, 4.69) is 58.1 Å². The molecule has 21 heavy (non-hydrogen) atoms. The Morgan fingerprint density at radius 2 is 2.05 bits per heavy atom. The standard InChI is InChI=1S/C16H25N5/c1-5-9-21-10-8-18-16(21)15(17-7-3)13-11-12(4)19-20-14(13)6-2/h8,10-11,15,17H,5-7,9H2,1-4H3. The van der Waals surface area contributed by atoms with E-state index in [9.17, 15) is 0 Å². The SMILES string of the molecule is CCCn1ccnc1C(NCC)c1cc(C)nnc1CC. The Bertz CT molecular complexity index is 576. The fraction of sp³-hybridized carbons (Fsp3) is 0.562. The lowest BCUT2D eigenvalue weighted by molar-refractivity contribution is 0.537. The van der Waals surface area contributed by atoms with Crippen molar-refractivity contribution >= 4 is 0 Å². The van der Waals surface area contributed by atoms with Crippen LogP contribution in [-0.2, 0) is 13.0 Å². The summed E-state index contributed by atoms with van der Waals surface area (Å²) in [6.45, 7) is 10.3. The van der Waals surface area contributed by atoms with E-state index in [1.807, 2.05) is 13.1 Å². The van der Waals surface area contributed by atoms with Crippen LogP contribution in [0.3, 0.4) is 0 Å². The van der Waals surface area contributed by atoms with Crippen LogP contribution >= 0.6 is 0 Å². The van der Waals surface area contributed by atoms with Gasteiger partial charge >= 0.3 is 0 Å². The van der Waals surface area contributed by atoms with Crippen LogP contribution in [0.15, 0.2) is 18.5 Å². The predicted molar refractivity (Wildman–Crippen MR) is 84.2 cm³/mol. The Morgan fingerprint density at radius 1 is 1.24 bits per heavy atom. The summed E-state index contributed by atoms with van der Waals surface area (Å²) in [5.41, 5.74) is 3.17. The maximum absolute atomic E-state index is 4.59. The van der Waals surface area contributed by atoms with Crippen molar-refractivity contribution < 1.29 is 0 Å². The van der Waals surface area contributed by atoms with Crippen LogP contribution in [0.5, 0.6) is 0 Å². The van der Waals surface area contributed by atoms with Crippen molar-refractivity contribution in [3.8, 4) is 0 Å². The summed E-state index contributed by atoms with van der Waals surface area (Å²) in [7, 11) is 0. The number of imidazole rings is 1. The van der Waals surface area contributed by atoms with Gasteiger partial charge in [-0.25, -0.2) is 4.98 Å². The van der Waals surface area contributed by atoms with Gasteiger partial charge in [-0.2, -0.15) is 10.2 Å². The highest BCUT2D eigenvalue weighted by molar-refractivity contribution is 5.30. The molecule has 1 N–H and O–H groups in total. The van der Waals surface area contributed by atoms with Gasteiger partial charge in [-0.15, -0.1) is 0 Å². The Labute approximate surface area is 126 Å². The van der Waals surface area contributed by atoms with Crippen LogP contribution in [-0.4, -0.2) is 26.3 Å². The van der Waals surface area contributed by atoms with E-state index >= 15 is 0 Å². The molecule has 0 fully saturated rings. The van der Waals surface area contributed by atoms with Crippen LogP contribution in [0.2, 0.25) is 0 Å². The van der Waals surface area contributed by atoms with Crippen LogP contribution in [0.25, 0.3) is 0 Å². The summed E-state index contributed by atoms with van der Waals surface area (Å²) in [6.07, 6.45) is 5.90. The molecule has 2 aromatic rings. The number of aromatic nitrogens is 4. The number of nitrogens with zero attached hydrogens (tertiary/aromatic N) is 4. The van der Waals surface area contributed by atoms with Gasteiger partial charge in [0.25, 0.3) is 0 Å². The van der Waals surface area contributed by atoms with Gasteiger partial charge in [0, 0.05) is 24.5 Å². The maximum Gasteiger partial charge on any atom is 0.130 e. The maximum atomic E-state index is 4.59. The molecule has 0 spiro atoms. The molecule has 5 nitrogen and oxygen atoms in total. The predicted octanol–water partition coefficient (Wildman–Crippen LogP) is 2.65. The summed E-state index contributed by atoms with van der Waals surface area (Å²) >= 11 is 0. The first-order valence-electron chi connectivity index (χ1n) is 7.78. The Hall–Kier alpha value is -1.75. The van der Waals surface area contributed by atoms with Crippen molar-refractivity contribution in [1.29, 1.82) is 0 Å². The van der Waals surface area contributed by atoms with Crippen LogP contribution in [0.1, 0.15) is 56.0 Å². The van der Waals surface area contributed by atoms with E-state index in [4.69, 9.17) is 0 Å². The fourth-order valence-corrected chi connectivity index (χ4v) is 2.61. The molecule has 114 valence electrons. The molecule has 0 radical (unpaired) electrons. The first-order chi connectivity index (χ1) is 10.2. The minimum atomic E-state index is 0.0701. The number of hydrogen-bond donors (Lipinski definition) is 1. The molecule has 0 aliphatic rings. The van der Waals surface area contributed by atoms with Crippen LogP contribution < -0.4 is 5.32 Å². The minimum absolute atomic E-state index is 0.0701. The average Bonchev–Trinajstić information content (AvgIpc) is 2.93. The summed E-state index contributed by atoms with van der Waals surface area (Å²) in [4.78, 5) is 4.59. The average molecular weight is 287 g/mol. The molecule has 0 bridgehead atoms. The molecule has 5 heteroatoms. The van der Waals surface area contributed by atoms with Gasteiger partial charge in [0.2, 0.25) is 0 Å². The third-order valence-electron chi connectivity index (χ3n) is 3.55. The molecule has 2 heterocycles. The Kier molecular flexibility index (Phi) is 5.44. The van der Waals surface area contributed by atoms with E-state index in [0.29, 0.717) is 0 Å². The molecule has 0 aliphatic carbocycles. The molecule has 1 atom stereocenters. The summed E-state index contributed by atoms with van der Waals surface area (Å²) in [6, 6.07) is 2.20. The second kappa shape index (κ2) is 7.31. The van der Waals surface area contributed by atoms with E-state index in [0.717, 1.165) is 43.1 Å². The molecule has 0 saturated carbocycles. The smallest absolute Gasteiger partial charge is 0.130 e. The minimum Gasteiger partial charge on any atom is -0.333 e. The summed E-state index contributed by atoms with van der Waals surface area (Å²) in [5.74, 6) is 1.06. The molecule has 2 aromatic heterocycles. The number of aryl methyl sites for hydroxylation is 3. The largest absolute Gasteiger partial charge is 0.333 e. The van der Waals surface area contributed by atoms with Gasteiger partial charge in [-0.3, -0.25) is 0 Å². The molecular weight excluding hydrogens is 262 g/mol. The molecule has 0 amide bonds. The molecule has 1 unspecified atom stereocenters. The van der Waals surface area contributed by atoms with E-state index in [1.165, 1.54) is 5.56 Å². The lowest BCUT2D eigenvalue weighted by Crippen LogP contribution is -2.27. The zero-order valence-corrected chi connectivity index (χ0v) is 13.4. The van der Waals surface area contributed by atoms with Crippen molar-refractivity contribution in [2.75, 3.05) is 6.54 Å². The monoisotopic (exact) mass is 287 g/mol. The van der Waals surface area contributed by atoms with Gasteiger partial charge < -0.3 is 9.88 Å². The highest BCUT2D eigenvalue weighted by Crippen LogP contribution is 2.24.